The van der Waals surface area contributed by atoms with Crippen LogP contribution in [0.3, 0.4) is 0 Å². The Morgan fingerprint density at radius 2 is 1.90 bits per heavy atom. The van der Waals surface area contributed by atoms with Crippen molar-refractivity contribution >= 4 is 28.8 Å². The number of para-hydroxylation sites is 1. The zero-order valence-corrected chi connectivity index (χ0v) is 20.7. The molecule has 4 aromatic rings. The number of benzene rings is 3. The Hall–Kier alpha value is -5.27. The summed E-state index contributed by atoms with van der Waals surface area (Å²) in [7, 11) is 1.18. The molecule has 0 aliphatic heterocycles. The number of nitro groups is 1. The quantitative estimate of drug-likeness (QED) is 0.186. The van der Waals surface area contributed by atoms with E-state index in [0.717, 1.165) is 29.1 Å². The third-order valence-electron chi connectivity index (χ3n) is 5.64. The molecule has 14 heteroatoms. The molecule has 0 radical (unpaired) electrons. The Morgan fingerprint density at radius 1 is 1.18 bits per heavy atom. The number of hydrogen-bond acceptors (Lipinski definition) is 8. The molecule has 0 fully saturated rings. The summed E-state index contributed by atoms with van der Waals surface area (Å²) >= 11 is 0. The fourth-order valence-corrected chi connectivity index (χ4v) is 3.69. The summed E-state index contributed by atoms with van der Waals surface area (Å²) in [4.78, 5) is 39.8. The second kappa shape index (κ2) is 10.8. The van der Waals surface area contributed by atoms with Crippen molar-refractivity contribution in [2.24, 2.45) is 5.10 Å². The summed E-state index contributed by atoms with van der Waals surface area (Å²) in [5, 5.41) is 25.1. The van der Waals surface area contributed by atoms with Gasteiger partial charge in [0, 0.05) is 17.2 Å². The van der Waals surface area contributed by atoms with E-state index in [-0.39, 0.29) is 33.6 Å². The minimum absolute atomic E-state index is 0.0360. The van der Waals surface area contributed by atoms with E-state index in [9.17, 15) is 32.9 Å². The number of hydrogen-bond donors (Lipinski definition) is 1. The third-order valence-corrected chi connectivity index (χ3v) is 5.64. The van der Waals surface area contributed by atoms with Gasteiger partial charge in [-0.05, 0) is 37.3 Å². The average molecular weight is 556 g/mol. The van der Waals surface area contributed by atoms with Crippen LogP contribution < -0.4 is 15.0 Å². The van der Waals surface area contributed by atoms with Gasteiger partial charge in [-0.15, -0.1) is 0 Å². The number of alkyl halides is 3. The van der Waals surface area contributed by atoms with Gasteiger partial charge in [0.2, 0.25) is 5.75 Å². The number of nitro benzene ring substituents is 1. The standard InChI is InChI=1S/C26H19F3N4O7/c1-14(25(35)36)40-22-20(33(37)38)10-15(11-21(22)39-2)13-30-32-23(16-6-5-7-17(12-16)26(27,28)29)31-19-9-4-3-8-18(19)24(32)34/h3-14H,1-2H3,(H,35,36)/t14-/m0/s1. The SMILES string of the molecule is COc1cc(C=Nn2c(-c3cccc(C(F)(F)F)c3)nc3ccccc3c2=O)cc([N+](=O)[O-])c1O[C@@H](C)C(=O)O. The van der Waals surface area contributed by atoms with E-state index >= 15 is 0 Å². The maximum Gasteiger partial charge on any atom is 0.416 e. The fourth-order valence-electron chi connectivity index (χ4n) is 3.69. The predicted octanol–water partition coefficient (Wildman–Crippen LogP) is 4.73. The van der Waals surface area contributed by atoms with Crippen molar-refractivity contribution in [3.63, 3.8) is 0 Å². The summed E-state index contributed by atoms with van der Waals surface area (Å²) in [5.41, 5.74) is -2.10. The number of ether oxygens (including phenoxy) is 2. The van der Waals surface area contributed by atoms with Gasteiger partial charge in [0.05, 0.1) is 34.7 Å². The number of rotatable bonds is 8. The summed E-state index contributed by atoms with van der Waals surface area (Å²) in [6.07, 6.45) is -5.04. The van der Waals surface area contributed by atoms with Gasteiger partial charge >= 0.3 is 17.8 Å². The lowest BCUT2D eigenvalue weighted by Crippen LogP contribution is -2.23. The zero-order valence-electron chi connectivity index (χ0n) is 20.7. The molecule has 4 rings (SSSR count). The molecule has 0 aliphatic rings. The van der Waals surface area contributed by atoms with E-state index in [1.807, 2.05) is 0 Å². The van der Waals surface area contributed by atoms with Crippen molar-refractivity contribution in [1.29, 1.82) is 0 Å². The number of carboxylic acids is 1. The Balaban J connectivity index is 1.90. The van der Waals surface area contributed by atoms with Gasteiger partial charge in [-0.1, -0.05) is 24.3 Å². The molecule has 0 amide bonds. The first-order chi connectivity index (χ1) is 18.9. The highest BCUT2D eigenvalue weighted by Gasteiger charge is 2.31. The number of nitrogens with zero attached hydrogens (tertiary/aromatic N) is 4. The Labute approximate surface area is 222 Å². The molecule has 0 aliphatic carbocycles. The van der Waals surface area contributed by atoms with Crippen LogP contribution in [0.1, 0.15) is 18.1 Å². The van der Waals surface area contributed by atoms with Gasteiger partial charge in [-0.3, -0.25) is 14.9 Å². The second-order valence-electron chi connectivity index (χ2n) is 8.32. The highest BCUT2D eigenvalue weighted by molar-refractivity contribution is 5.84. The molecule has 3 aromatic carbocycles. The summed E-state index contributed by atoms with van der Waals surface area (Å²) in [6.45, 7) is 1.18. The Bertz CT molecular complexity index is 1720. The van der Waals surface area contributed by atoms with Crippen LogP contribution in [0.2, 0.25) is 0 Å². The van der Waals surface area contributed by atoms with Crippen LogP contribution in [0.5, 0.6) is 11.5 Å². The Morgan fingerprint density at radius 3 is 2.55 bits per heavy atom. The molecule has 1 N–H and O–H groups in total. The lowest BCUT2D eigenvalue weighted by atomic mass is 10.1. The van der Waals surface area contributed by atoms with Crippen LogP contribution >= 0.6 is 0 Å². The third kappa shape index (κ3) is 5.60. The Kier molecular flexibility index (Phi) is 7.52. The van der Waals surface area contributed by atoms with Crippen LogP contribution in [0, 0.1) is 10.1 Å². The first kappa shape index (κ1) is 27.8. The minimum Gasteiger partial charge on any atom is -0.493 e. The van der Waals surface area contributed by atoms with Crippen molar-refractivity contribution < 1.29 is 37.5 Å². The van der Waals surface area contributed by atoms with Crippen LogP contribution in [-0.4, -0.2) is 45.1 Å². The summed E-state index contributed by atoms with van der Waals surface area (Å²) in [5.74, 6) is -2.20. The molecular weight excluding hydrogens is 537 g/mol. The first-order valence-electron chi connectivity index (χ1n) is 11.4. The summed E-state index contributed by atoms with van der Waals surface area (Å²) in [6, 6.07) is 12.6. The topological polar surface area (TPSA) is 146 Å². The molecule has 0 bridgehead atoms. The van der Waals surface area contributed by atoms with Gasteiger partial charge in [-0.25, -0.2) is 9.78 Å². The second-order valence-corrected chi connectivity index (χ2v) is 8.32. The molecule has 206 valence electrons. The van der Waals surface area contributed by atoms with Crippen molar-refractivity contribution in [2.45, 2.75) is 19.2 Å². The molecular formula is C26H19F3N4O7. The van der Waals surface area contributed by atoms with Gasteiger partial charge in [-0.2, -0.15) is 22.9 Å². The van der Waals surface area contributed by atoms with E-state index in [1.54, 1.807) is 12.1 Å². The highest BCUT2D eigenvalue weighted by Crippen LogP contribution is 2.39. The number of carboxylic acid groups (broad SMARTS) is 1. The molecule has 0 saturated carbocycles. The number of aliphatic carboxylic acids is 1. The molecule has 40 heavy (non-hydrogen) atoms. The van der Waals surface area contributed by atoms with Gasteiger partial charge in [0.1, 0.15) is 0 Å². The normalized spacial score (nSPS) is 12.4. The maximum absolute atomic E-state index is 13.4. The molecule has 0 saturated heterocycles. The molecule has 1 atom stereocenters. The molecule has 0 spiro atoms. The van der Waals surface area contributed by atoms with Gasteiger partial charge in [0.15, 0.2) is 17.7 Å². The monoisotopic (exact) mass is 556 g/mol. The van der Waals surface area contributed by atoms with Crippen molar-refractivity contribution in [3.05, 3.63) is 92.3 Å². The maximum atomic E-state index is 13.4. The predicted molar refractivity (Wildman–Crippen MR) is 137 cm³/mol. The lowest BCUT2D eigenvalue weighted by molar-refractivity contribution is -0.386. The first-order valence-corrected chi connectivity index (χ1v) is 11.4. The van der Waals surface area contributed by atoms with Crippen molar-refractivity contribution in [1.82, 2.24) is 9.66 Å². The van der Waals surface area contributed by atoms with Crippen molar-refractivity contribution in [2.75, 3.05) is 7.11 Å². The van der Waals surface area contributed by atoms with Crippen LogP contribution in [0.25, 0.3) is 22.3 Å². The largest absolute Gasteiger partial charge is 0.493 e. The van der Waals surface area contributed by atoms with E-state index in [4.69, 9.17) is 14.6 Å². The van der Waals surface area contributed by atoms with E-state index in [0.29, 0.717) is 0 Å². The van der Waals surface area contributed by atoms with Gasteiger partial charge < -0.3 is 14.6 Å². The molecule has 11 nitrogen and oxygen atoms in total. The molecule has 1 heterocycles. The number of aromatic nitrogens is 2. The van der Waals surface area contributed by atoms with Crippen molar-refractivity contribution in [3.8, 4) is 22.9 Å². The zero-order chi connectivity index (χ0) is 29.2. The number of methoxy groups -OCH3 is 1. The lowest BCUT2D eigenvalue weighted by Gasteiger charge is -2.14. The smallest absolute Gasteiger partial charge is 0.416 e. The molecule has 1 aromatic heterocycles. The van der Waals surface area contributed by atoms with Gasteiger partial charge in [0.25, 0.3) is 5.56 Å². The van der Waals surface area contributed by atoms with Crippen LogP contribution in [-0.2, 0) is 11.0 Å². The number of halogens is 3. The number of carbonyl (C=O) groups is 1. The minimum atomic E-state index is -4.65. The van der Waals surface area contributed by atoms with Crippen LogP contribution in [0.15, 0.2) is 70.6 Å². The van der Waals surface area contributed by atoms with E-state index < -0.39 is 45.7 Å². The molecule has 0 unspecified atom stereocenters. The average Bonchev–Trinajstić information content (AvgIpc) is 2.92. The fraction of sp³-hybridized carbons (Fsp3) is 0.154. The van der Waals surface area contributed by atoms with E-state index in [2.05, 4.69) is 10.1 Å². The van der Waals surface area contributed by atoms with Crippen LogP contribution in [0.4, 0.5) is 18.9 Å². The summed E-state index contributed by atoms with van der Waals surface area (Å²) < 4.78 is 51.3. The number of fused-ring (bicyclic) bond motifs is 1. The van der Waals surface area contributed by atoms with E-state index in [1.165, 1.54) is 44.4 Å². The highest BCUT2D eigenvalue weighted by atomic mass is 19.4.